The van der Waals surface area contributed by atoms with Gasteiger partial charge >= 0.3 is 0 Å². The summed E-state index contributed by atoms with van der Waals surface area (Å²) < 4.78 is 7.87. The Morgan fingerprint density at radius 2 is 2.00 bits per heavy atom. The molecular weight excluding hydrogens is 380 g/mol. The van der Waals surface area contributed by atoms with E-state index >= 15 is 0 Å². The molecule has 0 saturated carbocycles. The van der Waals surface area contributed by atoms with Gasteiger partial charge in [-0.3, -0.25) is 9.59 Å². The van der Waals surface area contributed by atoms with Crippen LogP contribution in [0.3, 0.4) is 0 Å². The molecule has 2 N–H and O–H groups in total. The number of aromatic nitrogens is 1. The summed E-state index contributed by atoms with van der Waals surface area (Å²) in [5.74, 6) is 1.09. The number of quaternary nitrogens is 1. The van der Waals surface area contributed by atoms with Crippen molar-refractivity contribution in [1.82, 2.24) is 14.8 Å². The van der Waals surface area contributed by atoms with Gasteiger partial charge in [-0.1, -0.05) is 13.8 Å². The van der Waals surface area contributed by atoms with Crippen molar-refractivity contribution in [3.8, 4) is 0 Å². The minimum Gasteiger partial charge on any atom is -0.454 e. The second kappa shape index (κ2) is 11.0. The fourth-order valence-electron chi connectivity index (χ4n) is 4.05. The standard InChI is InChI=1S/C23H34N4O3/c1-3-12-27(22(28)4-2)17-19-8-7-15-26(19)18-20-9-10-21(30-20)23(29)24-11-16-25-13-5-6-14-25/h7-10,15H,3-6,11-14,16-18H2,1-2H3,(H,24,29)/p+1. The molecule has 2 amide bonds. The quantitative estimate of drug-likeness (QED) is 0.587. The van der Waals surface area contributed by atoms with Gasteiger partial charge in [-0.05, 0) is 30.7 Å². The molecule has 0 unspecified atom stereocenters. The lowest BCUT2D eigenvalue weighted by atomic mass is 10.3. The fraction of sp³-hybridized carbons (Fsp3) is 0.565. The van der Waals surface area contributed by atoms with E-state index in [4.69, 9.17) is 4.42 Å². The highest BCUT2D eigenvalue weighted by molar-refractivity contribution is 5.91. The molecule has 0 aliphatic carbocycles. The molecular formula is C23H35N4O3+. The van der Waals surface area contributed by atoms with Crippen LogP contribution in [0.15, 0.2) is 34.9 Å². The Morgan fingerprint density at radius 3 is 2.73 bits per heavy atom. The Hall–Kier alpha value is -2.54. The topological polar surface area (TPSA) is 71.9 Å². The largest absolute Gasteiger partial charge is 0.454 e. The number of amides is 2. The van der Waals surface area contributed by atoms with Gasteiger partial charge in [-0.25, -0.2) is 0 Å². The third kappa shape index (κ3) is 5.98. The summed E-state index contributed by atoms with van der Waals surface area (Å²) in [6.45, 7) is 9.90. The molecule has 2 aromatic rings. The number of hydrogen-bond acceptors (Lipinski definition) is 3. The molecule has 3 heterocycles. The first kappa shape index (κ1) is 22.2. The van der Waals surface area contributed by atoms with E-state index in [0.29, 0.717) is 31.8 Å². The van der Waals surface area contributed by atoms with Gasteiger partial charge in [0.15, 0.2) is 5.76 Å². The molecule has 0 bridgehead atoms. The average Bonchev–Trinajstić information content (AvgIpc) is 3.50. The van der Waals surface area contributed by atoms with Crippen LogP contribution >= 0.6 is 0 Å². The molecule has 30 heavy (non-hydrogen) atoms. The highest BCUT2D eigenvalue weighted by Gasteiger charge is 2.17. The van der Waals surface area contributed by atoms with Gasteiger partial charge < -0.3 is 24.1 Å². The third-order valence-electron chi connectivity index (χ3n) is 5.71. The van der Waals surface area contributed by atoms with Gasteiger partial charge in [0.2, 0.25) is 5.91 Å². The maximum atomic E-state index is 12.4. The molecule has 7 heteroatoms. The predicted octanol–water partition coefficient (Wildman–Crippen LogP) is 1.69. The maximum absolute atomic E-state index is 12.4. The first-order chi connectivity index (χ1) is 14.6. The first-order valence-corrected chi connectivity index (χ1v) is 11.2. The summed E-state index contributed by atoms with van der Waals surface area (Å²) >= 11 is 0. The van der Waals surface area contributed by atoms with Gasteiger partial charge in [0.1, 0.15) is 5.76 Å². The summed E-state index contributed by atoms with van der Waals surface area (Å²) in [6.07, 6.45) is 6.00. The Labute approximate surface area is 179 Å². The molecule has 1 aliphatic rings. The van der Waals surface area contributed by atoms with E-state index in [9.17, 15) is 9.59 Å². The van der Waals surface area contributed by atoms with Crippen LogP contribution in [0.5, 0.6) is 0 Å². The number of furan rings is 1. The SMILES string of the molecule is CCCN(Cc1cccn1Cc1ccc(C(=O)NCC[NH+]2CCCC2)o1)C(=O)CC. The van der Waals surface area contributed by atoms with Crippen molar-refractivity contribution in [3.05, 3.63) is 47.7 Å². The fourth-order valence-corrected chi connectivity index (χ4v) is 4.05. The molecule has 1 fully saturated rings. The Kier molecular flexibility index (Phi) is 8.13. The van der Waals surface area contributed by atoms with E-state index in [2.05, 4.69) is 16.8 Å². The summed E-state index contributed by atoms with van der Waals surface area (Å²) in [4.78, 5) is 28.0. The van der Waals surface area contributed by atoms with Crippen molar-refractivity contribution in [3.63, 3.8) is 0 Å². The molecule has 7 nitrogen and oxygen atoms in total. The van der Waals surface area contributed by atoms with Crippen molar-refractivity contribution in [1.29, 1.82) is 0 Å². The van der Waals surface area contributed by atoms with Gasteiger partial charge in [0, 0.05) is 37.7 Å². The molecule has 2 aromatic heterocycles. The zero-order valence-corrected chi connectivity index (χ0v) is 18.3. The normalized spacial score (nSPS) is 14.2. The number of nitrogens with zero attached hydrogens (tertiary/aromatic N) is 2. The van der Waals surface area contributed by atoms with Gasteiger partial charge in [0.05, 0.1) is 39.3 Å². The highest BCUT2D eigenvalue weighted by atomic mass is 16.4. The summed E-state index contributed by atoms with van der Waals surface area (Å²) in [5, 5.41) is 2.96. The number of likely N-dealkylation sites (tertiary alicyclic amines) is 1. The number of carbonyl (C=O) groups excluding carboxylic acids is 2. The molecule has 0 aromatic carbocycles. The number of hydrogen-bond donors (Lipinski definition) is 2. The lowest BCUT2D eigenvalue weighted by Crippen LogP contribution is -3.10. The number of nitrogens with one attached hydrogen (secondary N) is 2. The lowest BCUT2D eigenvalue weighted by Gasteiger charge is -2.22. The van der Waals surface area contributed by atoms with E-state index in [1.54, 1.807) is 11.0 Å². The minimum atomic E-state index is -0.157. The minimum absolute atomic E-state index is 0.157. The smallest absolute Gasteiger partial charge is 0.287 e. The molecule has 0 atom stereocenters. The zero-order valence-electron chi connectivity index (χ0n) is 18.3. The molecule has 164 valence electrons. The Bertz CT molecular complexity index is 820. The van der Waals surface area contributed by atoms with Gasteiger partial charge in [0.25, 0.3) is 5.91 Å². The summed E-state index contributed by atoms with van der Waals surface area (Å²) in [5.41, 5.74) is 1.06. The van der Waals surface area contributed by atoms with Crippen molar-refractivity contribution in [2.24, 2.45) is 0 Å². The lowest BCUT2D eigenvalue weighted by molar-refractivity contribution is -0.886. The van der Waals surface area contributed by atoms with Crippen molar-refractivity contribution in [2.75, 3.05) is 32.7 Å². The van der Waals surface area contributed by atoms with Crippen LogP contribution in [-0.2, 0) is 17.9 Å². The zero-order chi connectivity index (χ0) is 21.3. The van der Waals surface area contributed by atoms with Crippen LogP contribution in [0, 0.1) is 0 Å². The number of rotatable bonds is 11. The molecule has 3 rings (SSSR count). The van der Waals surface area contributed by atoms with E-state index in [-0.39, 0.29) is 11.8 Å². The number of carbonyl (C=O) groups is 2. The van der Waals surface area contributed by atoms with Gasteiger partial charge in [-0.2, -0.15) is 0 Å². The molecule has 0 spiro atoms. The Balaban J connectivity index is 1.55. The van der Waals surface area contributed by atoms with E-state index in [0.717, 1.165) is 31.0 Å². The molecule has 0 radical (unpaired) electrons. The molecule has 1 aliphatic heterocycles. The summed E-state index contributed by atoms with van der Waals surface area (Å²) in [7, 11) is 0. The Morgan fingerprint density at radius 1 is 1.20 bits per heavy atom. The van der Waals surface area contributed by atoms with Crippen LogP contribution in [-0.4, -0.2) is 54.0 Å². The second-order valence-corrected chi connectivity index (χ2v) is 8.03. The van der Waals surface area contributed by atoms with Crippen molar-refractivity contribution in [2.45, 2.75) is 52.6 Å². The van der Waals surface area contributed by atoms with Crippen LogP contribution < -0.4 is 10.2 Å². The van der Waals surface area contributed by atoms with Crippen LogP contribution in [0.2, 0.25) is 0 Å². The second-order valence-electron chi connectivity index (χ2n) is 8.03. The first-order valence-electron chi connectivity index (χ1n) is 11.2. The highest BCUT2D eigenvalue weighted by Crippen LogP contribution is 2.14. The van der Waals surface area contributed by atoms with Crippen molar-refractivity contribution >= 4 is 11.8 Å². The predicted molar refractivity (Wildman–Crippen MR) is 115 cm³/mol. The summed E-state index contributed by atoms with van der Waals surface area (Å²) in [6, 6.07) is 7.60. The third-order valence-corrected chi connectivity index (χ3v) is 5.71. The van der Waals surface area contributed by atoms with Crippen LogP contribution in [0.4, 0.5) is 0 Å². The molecule has 1 saturated heterocycles. The average molecular weight is 416 g/mol. The van der Waals surface area contributed by atoms with E-state index < -0.39 is 0 Å². The van der Waals surface area contributed by atoms with Crippen LogP contribution in [0.25, 0.3) is 0 Å². The van der Waals surface area contributed by atoms with E-state index in [1.165, 1.54) is 25.9 Å². The van der Waals surface area contributed by atoms with Crippen LogP contribution in [0.1, 0.15) is 61.5 Å². The monoisotopic (exact) mass is 415 g/mol. The van der Waals surface area contributed by atoms with Gasteiger partial charge in [-0.15, -0.1) is 0 Å². The van der Waals surface area contributed by atoms with E-state index in [1.807, 2.05) is 36.2 Å². The van der Waals surface area contributed by atoms with Crippen molar-refractivity contribution < 1.29 is 18.9 Å². The maximum Gasteiger partial charge on any atom is 0.287 e.